The van der Waals surface area contributed by atoms with Gasteiger partial charge in [0.2, 0.25) is 5.91 Å². The lowest BCUT2D eigenvalue weighted by Crippen LogP contribution is -2.28. The zero-order valence-electron chi connectivity index (χ0n) is 8.70. The summed E-state index contributed by atoms with van der Waals surface area (Å²) >= 11 is 0. The smallest absolute Gasteiger partial charge is 0.224 e. The third kappa shape index (κ3) is 1.28. The summed E-state index contributed by atoms with van der Waals surface area (Å²) in [6.45, 7) is 0.859. The summed E-state index contributed by atoms with van der Waals surface area (Å²) in [6.07, 6.45) is 3.36. The van der Waals surface area contributed by atoms with Crippen molar-refractivity contribution in [2.24, 2.45) is 5.92 Å². The van der Waals surface area contributed by atoms with Gasteiger partial charge in [-0.2, -0.15) is 0 Å². The molecule has 2 heteroatoms. The van der Waals surface area contributed by atoms with E-state index in [4.69, 9.17) is 0 Å². The van der Waals surface area contributed by atoms with Crippen LogP contribution in [0.2, 0.25) is 0 Å². The maximum absolute atomic E-state index is 11.7. The van der Waals surface area contributed by atoms with Crippen LogP contribution >= 0.6 is 0 Å². The Hall–Kier alpha value is -1.31. The number of amides is 1. The van der Waals surface area contributed by atoms with Crippen molar-refractivity contribution in [2.75, 3.05) is 6.54 Å². The highest BCUT2D eigenvalue weighted by Gasteiger charge is 2.54. The van der Waals surface area contributed by atoms with E-state index in [1.54, 1.807) is 0 Å². The Bertz CT molecular complexity index is 381. The lowest BCUT2D eigenvalue weighted by molar-refractivity contribution is -0.123. The monoisotopic (exact) mass is 201 g/mol. The average Bonchev–Trinajstić information content (AvgIpc) is 2.98. The van der Waals surface area contributed by atoms with E-state index in [-0.39, 0.29) is 17.2 Å². The first-order valence-corrected chi connectivity index (χ1v) is 5.66. The van der Waals surface area contributed by atoms with Crippen LogP contribution in [0.3, 0.4) is 0 Å². The summed E-state index contributed by atoms with van der Waals surface area (Å²) in [6, 6.07) is 10.5. The highest BCUT2D eigenvalue weighted by molar-refractivity contribution is 5.83. The van der Waals surface area contributed by atoms with Crippen LogP contribution in [0.15, 0.2) is 30.3 Å². The van der Waals surface area contributed by atoms with Crippen molar-refractivity contribution in [1.82, 2.24) is 5.32 Å². The number of nitrogens with one attached hydrogen (secondary N) is 1. The first kappa shape index (κ1) is 8.96. The molecule has 2 nitrogen and oxygen atoms in total. The second-order valence-electron chi connectivity index (χ2n) is 4.65. The van der Waals surface area contributed by atoms with Gasteiger partial charge in [-0.15, -0.1) is 0 Å². The molecule has 1 aliphatic heterocycles. The summed E-state index contributed by atoms with van der Waals surface area (Å²) in [5.41, 5.74) is 1.54. The molecule has 2 fully saturated rings. The van der Waals surface area contributed by atoms with Gasteiger partial charge in [0, 0.05) is 17.9 Å². The molecule has 1 heterocycles. The topological polar surface area (TPSA) is 29.1 Å². The molecule has 0 aromatic heterocycles. The highest BCUT2D eigenvalue weighted by atomic mass is 16.2. The molecule has 1 saturated heterocycles. The van der Waals surface area contributed by atoms with Crippen molar-refractivity contribution in [1.29, 1.82) is 0 Å². The zero-order valence-corrected chi connectivity index (χ0v) is 8.70. The summed E-state index contributed by atoms with van der Waals surface area (Å²) in [5.74, 6) is 0.483. The van der Waals surface area contributed by atoms with Gasteiger partial charge in [-0.25, -0.2) is 0 Å². The maximum Gasteiger partial charge on any atom is 0.224 e. The second kappa shape index (κ2) is 3.09. The van der Waals surface area contributed by atoms with Gasteiger partial charge in [-0.1, -0.05) is 30.3 Å². The van der Waals surface area contributed by atoms with Gasteiger partial charge in [0.1, 0.15) is 0 Å². The van der Waals surface area contributed by atoms with E-state index >= 15 is 0 Å². The largest absolute Gasteiger partial charge is 0.356 e. The summed E-state index contributed by atoms with van der Waals surface area (Å²) < 4.78 is 0. The van der Waals surface area contributed by atoms with Gasteiger partial charge in [-0.05, 0) is 24.8 Å². The molecule has 78 valence electrons. The van der Waals surface area contributed by atoms with Crippen LogP contribution in [-0.2, 0) is 10.2 Å². The Balaban J connectivity index is 1.94. The third-order valence-corrected chi connectivity index (χ3v) is 3.85. The van der Waals surface area contributed by atoms with Gasteiger partial charge in [0.05, 0.1) is 0 Å². The Morgan fingerprint density at radius 2 is 1.93 bits per heavy atom. The number of benzene rings is 1. The Morgan fingerprint density at radius 3 is 2.47 bits per heavy atom. The molecule has 15 heavy (non-hydrogen) atoms. The molecule has 1 N–H and O–H groups in total. The molecule has 0 spiro atoms. The highest BCUT2D eigenvalue weighted by Crippen LogP contribution is 2.55. The number of hydrogen-bond donors (Lipinski definition) is 1. The van der Waals surface area contributed by atoms with Crippen molar-refractivity contribution < 1.29 is 4.79 Å². The molecule has 1 saturated carbocycles. The van der Waals surface area contributed by atoms with Crippen molar-refractivity contribution >= 4 is 5.91 Å². The summed E-state index contributed by atoms with van der Waals surface area (Å²) in [5, 5.41) is 2.95. The minimum Gasteiger partial charge on any atom is -0.356 e. The number of hydrogen-bond acceptors (Lipinski definition) is 1. The molecule has 0 bridgehead atoms. The standard InChI is InChI=1S/C13H15NO/c15-12-11(6-9-14-12)13(7-8-13)10-4-2-1-3-5-10/h1-5,11H,6-9H2,(H,14,15). The van der Waals surface area contributed by atoms with E-state index in [2.05, 4.69) is 29.6 Å². The molecule has 0 radical (unpaired) electrons. The van der Waals surface area contributed by atoms with Crippen LogP contribution in [0, 0.1) is 5.92 Å². The maximum atomic E-state index is 11.7. The average molecular weight is 201 g/mol. The van der Waals surface area contributed by atoms with Gasteiger partial charge in [0.25, 0.3) is 0 Å². The SMILES string of the molecule is O=C1NCCC1C1(c2ccccc2)CC1. The van der Waals surface area contributed by atoms with E-state index in [1.165, 1.54) is 18.4 Å². The summed E-state index contributed by atoms with van der Waals surface area (Å²) in [7, 11) is 0. The summed E-state index contributed by atoms with van der Waals surface area (Å²) in [4.78, 5) is 11.7. The first-order chi connectivity index (χ1) is 7.33. The molecule has 1 unspecified atom stereocenters. The molecule has 2 aliphatic rings. The Morgan fingerprint density at radius 1 is 1.20 bits per heavy atom. The molecular weight excluding hydrogens is 186 g/mol. The molecule has 1 atom stereocenters. The third-order valence-electron chi connectivity index (χ3n) is 3.85. The van der Waals surface area contributed by atoms with Crippen LogP contribution in [0.4, 0.5) is 0 Å². The molecule has 1 aromatic carbocycles. The number of carbonyl (C=O) groups is 1. The van der Waals surface area contributed by atoms with E-state index in [9.17, 15) is 4.79 Å². The van der Waals surface area contributed by atoms with Crippen molar-refractivity contribution in [3.8, 4) is 0 Å². The van der Waals surface area contributed by atoms with Gasteiger partial charge in [-0.3, -0.25) is 4.79 Å². The lowest BCUT2D eigenvalue weighted by atomic mass is 9.82. The van der Waals surface area contributed by atoms with Crippen LogP contribution in [0.1, 0.15) is 24.8 Å². The van der Waals surface area contributed by atoms with Crippen LogP contribution in [-0.4, -0.2) is 12.5 Å². The van der Waals surface area contributed by atoms with Gasteiger partial charge in [0.15, 0.2) is 0 Å². The lowest BCUT2D eigenvalue weighted by Gasteiger charge is -2.20. The zero-order chi connectivity index (χ0) is 10.3. The van der Waals surface area contributed by atoms with E-state index in [1.807, 2.05) is 6.07 Å². The van der Waals surface area contributed by atoms with E-state index in [0.717, 1.165) is 13.0 Å². The van der Waals surface area contributed by atoms with E-state index in [0.29, 0.717) is 0 Å². The minimum atomic E-state index is 0.182. The minimum absolute atomic E-state index is 0.182. The van der Waals surface area contributed by atoms with Crippen LogP contribution < -0.4 is 5.32 Å². The van der Waals surface area contributed by atoms with Crippen molar-refractivity contribution in [2.45, 2.75) is 24.7 Å². The molecule has 3 rings (SSSR count). The molecule has 1 aliphatic carbocycles. The number of carbonyl (C=O) groups excluding carboxylic acids is 1. The van der Waals surface area contributed by atoms with Gasteiger partial charge < -0.3 is 5.32 Å². The fraction of sp³-hybridized carbons (Fsp3) is 0.462. The second-order valence-corrected chi connectivity index (χ2v) is 4.65. The van der Waals surface area contributed by atoms with Crippen molar-refractivity contribution in [3.05, 3.63) is 35.9 Å². The predicted octanol–water partition coefficient (Wildman–Crippen LogP) is 1.85. The van der Waals surface area contributed by atoms with Crippen LogP contribution in [0.25, 0.3) is 0 Å². The fourth-order valence-electron chi connectivity index (χ4n) is 2.86. The Labute approximate surface area is 89.7 Å². The molecule has 1 aromatic rings. The van der Waals surface area contributed by atoms with Crippen molar-refractivity contribution in [3.63, 3.8) is 0 Å². The molecule has 1 amide bonds. The molecular formula is C13H15NO. The van der Waals surface area contributed by atoms with Crippen LogP contribution in [0.5, 0.6) is 0 Å². The number of rotatable bonds is 2. The Kier molecular flexibility index (Phi) is 1.84. The predicted molar refractivity (Wildman–Crippen MR) is 58.5 cm³/mol. The van der Waals surface area contributed by atoms with E-state index < -0.39 is 0 Å². The quantitative estimate of drug-likeness (QED) is 0.777. The fourth-order valence-corrected chi connectivity index (χ4v) is 2.86. The first-order valence-electron chi connectivity index (χ1n) is 5.66. The normalized spacial score (nSPS) is 27.5. The van der Waals surface area contributed by atoms with Gasteiger partial charge >= 0.3 is 0 Å².